The van der Waals surface area contributed by atoms with E-state index in [2.05, 4.69) is 10.3 Å². The molecule has 13 nitrogen and oxygen atoms in total. The Bertz CT molecular complexity index is 1330. The molecule has 1 aromatic heterocycles. The second-order valence-electron chi connectivity index (χ2n) is 9.89. The van der Waals surface area contributed by atoms with Gasteiger partial charge in [-0.05, 0) is 39.1 Å². The maximum Gasteiger partial charge on any atom is 0.380 e. The summed E-state index contributed by atoms with van der Waals surface area (Å²) in [7, 11) is -2.68. The number of halogens is 2. The Morgan fingerprint density at radius 3 is 2.52 bits per heavy atom. The number of carbonyl (C=O) groups is 2. The standard InChI is InChI=1S/C26H35F2N4O9P/c1-16(2)38-23(34)17(3)15-42(36,41-18-8-6-5-7-9-18)37-14-19-22(40-21(33)10-12-30-4)26(27,28)24(39-19)32-13-11-20(29)31-25(32)35/h5-9,11,13,16-17,19,22,24,30H,10,12,14-15H2,1-4H3,(H2,29,31,35)/t17-,19-,22-,24-,42?/m1/s1. The normalized spacial score (nSPS) is 21.8. The number of ether oxygens (including phenoxy) is 3. The van der Waals surface area contributed by atoms with Crippen molar-refractivity contribution in [2.45, 2.75) is 57.7 Å². The fourth-order valence-corrected chi connectivity index (χ4v) is 5.85. The summed E-state index contributed by atoms with van der Waals surface area (Å²) in [4.78, 5) is 40.7. The molecule has 1 unspecified atom stereocenters. The van der Waals surface area contributed by atoms with Crippen molar-refractivity contribution in [3.05, 3.63) is 53.1 Å². The Balaban J connectivity index is 1.90. The molecule has 0 amide bonds. The third-order valence-electron chi connectivity index (χ3n) is 5.97. The van der Waals surface area contributed by atoms with Gasteiger partial charge in [-0.3, -0.25) is 18.7 Å². The highest BCUT2D eigenvalue weighted by molar-refractivity contribution is 7.54. The molecule has 1 fully saturated rings. The highest BCUT2D eigenvalue weighted by Crippen LogP contribution is 2.52. The van der Waals surface area contributed by atoms with E-state index in [-0.39, 0.29) is 24.5 Å². The maximum absolute atomic E-state index is 15.7. The first-order valence-electron chi connectivity index (χ1n) is 13.2. The summed E-state index contributed by atoms with van der Waals surface area (Å²) in [5, 5.41) is 2.71. The van der Waals surface area contributed by atoms with Gasteiger partial charge < -0.3 is 29.8 Å². The molecule has 0 aliphatic carbocycles. The minimum atomic E-state index is -4.25. The zero-order valence-electron chi connectivity index (χ0n) is 23.6. The Kier molecular flexibility index (Phi) is 11.2. The van der Waals surface area contributed by atoms with Gasteiger partial charge in [-0.2, -0.15) is 13.8 Å². The summed E-state index contributed by atoms with van der Waals surface area (Å²) in [5.41, 5.74) is 4.35. The smallest absolute Gasteiger partial charge is 0.380 e. The number of nitrogens with two attached hydrogens (primary N) is 1. The van der Waals surface area contributed by atoms with Crippen LogP contribution in [0.25, 0.3) is 0 Å². The van der Waals surface area contributed by atoms with Crippen LogP contribution in [0.4, 0.5) is 14.6 Å². The molecule has 16 heteroatoms. The van der Waals surface area contributed by atoms with Crippen LogP contribution >= 0.6 is 7.60 Å². The lowest BCUT2D eigenvalue weighted by atomic mass is 10.1. The van der Waals surface area contributed by atoms with Crippen molar-refractivity contribution >= 4 is 25.4 Å². The summed E-state index contributed by atoms with van der Waals surface area (Å²) in [6, 6.07) is 9.03. The van der Waals surface area contributed by atoms with Crippen molar-refractivity contribution in [3.63, 3.8) is 0 Å². The number of nitrogens with one attached hydrogen (secondary N) is 1. The molecule has 42 heavy (non-hydrogen) atoms. The number of alkyl halides is 2. The van der Waals surface area contributed by atoms with Gasteiger partial charge in [0.15, 0.2) is 6.10 Å². The van der Waals surface area contributed by atoms with Gasteiger partial charge in [0.2, 0.25) is 6.23 Å². The molecular formula is C26H35F2N4O9P. The molecule has 3 rings (SSSR count). The van der Waals surface area contributed by atoms with E-state index in [1.807, 2.05) is 0 Å². The largest absolute Gasteiger partial charge is 0.463 e. The van der Waals surface area contributed by atoms with Crippen LogP contribution in [0.5, 0.6) is 5.75 Å². The molecule has 0 radical (unpaired) electrons. The topological polar surface area (TPSA) is 170 Å². The van der Waals surface area contributed by atoms with Gasteiger partial charge in [0, 0.05) is 12.7 Å². The molecule has 1 aromatic carbocycles. The second kappa shape index (κ2) is 14.2. The average molecular weight is 617 g/mol. The highest BCUT2D eigenvalue weighted by Gasteiger charge is 2.63. The van der Waals surface area contributed by atoms with Gasteiger partial charge in [0.1, 0.15) is 17.7 Å². The Morgan fingerprint density at radius 1 is 1.21 bits per heavy atom. The van der Waals surface area contributed by atoms with E-state index >= 15 is 8.78 Å². The zero-order valence-corrected chi connectivity index (χ0v) is 24.5. The minimum absolute atomic E-state index is 0.135. The highest BCUT2D eigenvalue weighted by atomic mass is 31.2. The summed E-state index contributed by atoms with van der Waals surface area (Å²) in [5.74, 6) is -6.62. The summed E-state index contributed by atoms with van der Waals surface area (Å²) >= 11 is 0. The quantitative estimate of drug-likeness (QED) is 0.235. The molecule has 0 bridgehead atoms. The third-order valence-corrected chi connectivity index (χ3v) is 7.99. The lowest BCUT2D eigenvalue weighted by molar-refractivity contribution is -0.176. The van der Waals surface area contributed by atoms with Gasteiger partial charge in [-0.25, -0.2) is 9.36 Å². The Labute approximate surface area is 241 Å². The molecule has 2 heterocycles. The summed E-state index contributed by atoms with van der Waals surface area (Å²) in [6.45, 7) is 4.08. The average Bonchev–Trinajstić information content (AvgIpc) is 3.15. The van der Waals surface area contributed by atoms with Gasteiger partial charge in [0.05, 0.1) is 31.2 Å². The number of carbonyl (C=O) groups excluding carboxylic acids is 2. The molecule has 0 saturated carbocycles. The number of hydrogen-bond donors (Lipinski definition) is 2. The van der Waals surface area contributed by atoms with Crippen molar-refractivity contribution in [2.24, 2.45) is 5.92 Å². The first-order valence-corrected chi connectivity index (χ1v) is 14.9. The fourth-order valence-electron chi connectivity index (χ4n) is 3.98. The van der Waals surface area contributed by atoms with E-state index in [0.29, 0.717) is 4.57 Å². The lowest BCUT2D eigenvalue weighted by Gasteiger charge is -2.26. The number of anilines is 1. The maximum atomic E-state index is 15.7. The van der Waals surface area contributed by atoms with Crippen LogP contribution in [-0.2, 0) is 32.9 Å². The third kappa shape index (κ3) is 8.57. The number of aromatic nitrogens is 2. The molecule has 3 N–H and O–H groups in total. The van der Waals surface area contributed by atoms with Crippen LogP contribution in [0, 0.1) is 5.92 Å². The van der Waals surface area contributed by atoms with Crippen molar-refractivity contribution in [3.8, 4) is 5.75 Å². The van der Waals surface area contributed by atoms with E-state index in [9.17, 15) is 18.9 Å². The number of nitrogen functional groups attached to an aromatic ring is 1. The molecule has 2 aromatic rings. The fraction of sp³-hybridized carbons (Fsp3) is 0.538. The van der Waals surface area contributed by atoms with Crippen molar-refractivity contribution < 1.29 is 46.2 Å². The van der Waals surface area contributed by atoms with E-state index in [1.54, 1.807) is 39.1 Å². The molecule has 1 aliphatic rings. The molecule has 0 spiro atoms. The first kappa shape index (κ1) is 33.1. The molecular weight excluding hydrogens is 581 g/mol. The van der Waals surface area contributed by atoms with Crippen LogP contribution in [0.1, 0.15) is 33.4 Å². The van der Waals surface area contributed by atoms with Gasteiger partial charge in [0.25, 0.3) is 0 Å². The Hall–Kier alpha value is -3.39. The SMILES string of the molecule is CNCCC(=O)O[C@@H]1[C@@H](COP(=O)(C[C@@H](C)C(=O)OC(C)C)Oc2ccccc2)O[C@@H](n2ccc(N)nc2=O)C1(F)F. The zero-order chi connectivity index (χ0) is 31.1. The van der Waals surface area contributed by atoms with Crippen molar-refractivity contribution in [1.82, 2.24) is 14.9 Å². The van der Waals surface area contributed by atoms with Crippen molar-refractivity contribution in [2.75, 3.05) is 32.1 Å². The van der Waals surface area contributed by atoms with E-state index < -0.39 is 74.4 Å². The van der Waals surface area contributed by atoms with E-state index in [4.69, 9.17) is 29.0 Å². The van der Waals surface area contributed by atoms with Crippen LogP contribution < -0.4 is 21.3 Å². The summed E-state index contributed by atoms with van der Waals surface area (Å²) < 4.78 is 72.9. The van der Waals surface area contributed by atoms with Crippen molar-refractivity contribution in [1.29, 1.82) is 0 Å². The van der Waals surface area contributed by atoms with Gasteiger partial charge in [-0.15, -0.1) is 0 Å². The number of benzene rings is 1. The molecule has 1 aliphatic heterocycles. The van der Waals surface area contributed by atoms with E-state index in [1.165, 1.54) is 19.1 Å². The molecule has 1 saturated heterocycles. The second-order valence-corrected chi connectivity index (χ2v) is 11.9. The van der Waals surface area contributed by atoms with Crippen LogP contribution in [0.3, 0.4) is 0 Å². The number of hydrogen-bond acceptors (Lipinski definition) is 12. The molecule has 5 atom stereocenters. The number of rotatable bonds is 14. The van der Waals surface area contributed by atoms with E-state index in [0.717, 1.165) is 12.3 Å². The molecule has 232 valence electrons. The van der Waals surface area contributed by atoms with Gasteiger partial charge >= 0.3 is 31.1 Å². The van der Waals surface area contributed by atoms with Gasteiger partial charge in [-0.1, -0.05) is 25.1 Å². The number of para-hydroxylation sites is 1. The predicted octanol–water partition coefficient (Wildman–Crippen LogP) is 2.76. The number of nitrogens with zero attached hydrogens (tertiary/aromatic N) is 2. The summed E-state index contributed by atoms with van der Waals surface area (Å²) in [6.07, 6.45) is -6.39. The first-order chi connectivity index (χ1) is 19.8. The van der Waals surface area contributed by atoms with Crippen LogP contribution in [-0.4, -0.2) is 72.1 Å². The number of esters is 2. The monoisotopic (exact) mass is 616 g/mol. The predicted molar refractivity (Wildman–Crippen MR) is 146 cm³/mol. The minimum Gasteiger partial charge on any atom is -0.463 e. The Morgan fingerprint density at radius 2 is 1.90 bits per heavy atom. The van der Waals surface area contributed by atoms with Crippen LogP contribution in [0.15, 0.2) is 47.4 Å². The lowest BCUT2D eigenvalue weighted by Crippen LogP contribution is -2.45. The van der Waals surface area contributed by atoms with Crippen LogP contribution in [0.2, 0.25) is 0 Å².